The number of nitrogens with one attached hydrogen (secondary N) is 1. The zero-order valence-electron chi connectivity index (χ0n) is 16.8. The van der Waals surface area contributed by atoms with Crippen LogP contribution in [0.5, 0.6) is 0 Å². The van der Waals surface area contributed by atoms with E-state index < -0.39 is 24.0 Å². The molecule has 1 aliphatic heterocycles. The Morgan fingerprint density at radius 3 is 2.71 bits per heavy atom. The number of nitrogens with zero attached hydrogens (tertiary/aromatic N) is 4. The molecule has 0 aromatic carbocycles. The Morgan fingerprint density at radius 1 is 1.26 bits per heavy atom. The van der Waals surface area contributed by atoms with Crippen molar-refractivity contribution in [3.8, 4) is 11.4 Å². The van der Waals surface area contributed by atoms with Gasteiger partial charge >= 0.3 is 6.18 Å². The SMILES string of the molecule is Cc1cc(-c2cc(F)c3cnc(N[C@@H]4CCOC[C@H]4O)nn23)ncc1C(C)C(F)(F)F. The first-order chi connectivity index (χ1) is 14.6. The van der Waals surface area contributed by atoms with E-state index in [1.807, 2.05) is 0 Å². The molecule has 1 saturated heterocycles. The second-order valence-electron chi connectivity index (χ2n) is 7.63. The van der Waals surface area contributed by atoms with Crippen molar-refractivity contribution in [3.63, 3.8) is 0 Å². The number of alkyl halides is 3. The van der Waals surface area contributed by atoms with Crippen LogP contribution >= 0.6 is 0 Å². The van der Waals surface area contributed by atoms with E-state index in [-0.39, 0.29) is 41.1 Å². The fourth-order valence-electron chi connectivity index (χ4n) is 3.59. The highest BCUT2D eigenvalue weighted by Crippen LogP contribution is 2.36. The molecule has 4 heterocycles. The first kappa shape index (κ1) is 21.4. The highest BCUT2D eigenvalue weighted by atomic mass is 19.4. The highest BCUT2D eigenvalue weighted by Gasteiger charge is 2.38. The number of aliphatic hydroxyl groups is 1. The summed E-state index contributed by atoms with van der Waals surface area (Å²) in [6.45, 7) is 3.30. The van der Waals surface area contributed by atoms with Gasteiger partial charge in [0.25, 0.3) is 0 Å². The number of halogens is 4. The lowest BCUT2D eigenvalue weighted by atomic mass is 9.97. The van der Waals surface area contributed by atoms with Gasteiger partial charge in [-0.25, -0.2) is 13.9 Å². The monoisotopic (exact) mass is 439 g/mol. The van der Waals surface area contributed by atoms with Crippen molar-refractivity contribution >= 4 is 11.5 Å². The molecule has 11 heteroatoms. The second-order valence-corrected chi connectivity index (χ2v) is 7.63. The van der Waals surface area contributed by atoms with Crippen LogP contribution in [0.1, 0.15) is 30.4 Å². The maximum atomic E-state index is 14.5. The van der Waals surface area contributed by atoms with Crippen LogP contribution in [-0.2, 0) is 4.74 Å². The van der Waals surface area contributed by atoms with Crippen LogP contribution in [0.2, 0.25) is 0 Å². The molecule has 1 unspecified atom stereocenters. The van der Waals surface area contributed by atoms with Gasteiger partial charge < -0.3 is 15.2 Å². The Morgan fingerprint density at radius 2 is 2.03 bits per heavy atom. The molecule has 2 N–H and O–H groups in total. The van der Waals surface area contributed by atoms with Crippen molar-refractivity contribution in [2.45, 2.75) is 44.5 Å². The Hall–Kier alpha value is -2.79. The van der Waals surface area contributed by atoms with Crippen LogP contribution in [0.25, 0.3) is 16.9 Å². The molecule has 166 valence electrons. The van der Waals surface area contributed by atoms with Gasteiger partial charge in [-0.1, -0.05) is 0 Å². The number of rotatable bonds is 4. The predicted octanol–water partition coefficient (Wildman–Crippen LogP) is 3.47. The van der Waals surface area contributed by atoms with Gasteiger partial charge in [0.15, 0.2) is 5.82 Å². The molecular weight excluding hydrogens is 418 g/mol. The summed E-state index contributed by atoms with van der Waals surface area (Å²) in [5, 5.41) is 17.4. The topological polar surface area (TPSA) is 84.6 Å². The van der Waals surface area contributed by atoms with E-state index in [1.54, 1.807) is 6.92 Å². The van der Waals surface area contributed by atoms with Crippen molar-refractivity contribution in [2.75, 3.05) is 18.5 Å². The number of hydrogen-bond donors (Lipinski definition) is 2. The van der Waals surface area contributed by atoms with Crippen LogP contribution in [-0.4, -0.2) is 56.2 Å². The van der Waals surface area contributed by atoms with Gasteiger partial charge in [0.05, 0.1) is 42.3 Å². The fourth-order valence-corrected chi connectivity index (χ4v) is 3.59. The molecule has 1 fully saturated rings. The molecule has 3 atom stereocenters. The van der Waals surface area contributed by atoms with Gasteiger partial charge in [0, 0.05) is 18.9 Å². The predicted molar refractivity (Wildman–Crippen MR) is 104 cm³/mol. The molecule has 3 aromatic heterocycles. The fraction of sp³-hybridized carbons (Fsp3) is 0.450. The number of ether oxygens (including phenoxy) is 1. The summed E-state index contributed by atoms with van der Waals surface area (Å²) in [6, 6.07) is 2.38. The smallest absolute Gasteiger partial charge is 0.389 e. The Balaban J connectivity index is 1.70. The summed E-state index contributed by atoms with van der Waals surface area (Å²) in [6.07, 6.45) is -2.10. The maximum Gasteiger partial charge on any atom is 0.395 e. The third-order valence-electron chi connectivity index (χ3n) is 5.48. The molecule has 0 aliphatic carbocycles. The maximum absolute atomic E-state index is 14.5. The van der Waals surface area contributed by atoms with Crippen LogP contribution < -0.4 is 5.32 Å². The number of aromatic nitrogens is 4. The Bertz CT molecular complexity index is 1100. The normalized spacial score (nSPS) is 20.7. The number of anilines is 1. The second kappa shape index (κ2) is 8.04. The van der Waals surface area contributed by atoms with E-state index in [1.165, 1.54) is 29.0 Å². The lowest BCUT2D eigenvalue weighted by Gasteiger charge is -2.28. The van der Waals surface area contributed by atoms with Crippen molar-refractivity contribution in [1.29, 1.82) is 0 Å². The minimum atomic E-state index is -4.38. The van der Waals surface area contributed by atoms with Crippen molar-refractivity contribution in [3.05, 3.63) is 41.5 Å². The Labute approximate surface area is 175 Å². The molecule has 31 heavy (non-hydrogen) atoms. The van der Waals surface area contributed by atoms with E-state index in [2.05, 4.69) is 20.4 Å². The summed E-state index contributed by atoms with van der Waals surface area (Å²) in [5.74, 6) is -2.08. The average Bonchev–Trinajstić information content (AvgIpc) is 3.04. The molecule has 3 aromatic rings. The number of aryl methyl sites for hydroxylation is 1. The zero-order valence-corrected chi connectivity index (χ0v) is 16.8. The van der Waals surface area contributed by atoms with Crippen molar-refractivity contribution < 1.29 is 27.4 Å². The van der Waals surface area contributed by atoms with E-state index in [9.17, 15) is 22.7 Å². The molecule has 4 rings (SSSR count). The van der Waals surface area contributed by atoms with Gasteiger partial charge in [-0.15, -0.1) is 5.10 Å². The third-order valence-corrected chi connectivity index (χ3v) is 5.48. The summed E-state index contributed by atoms with van der Waals surface area (Å²) < 4.78 is 60.2. The molecule has 0 spiro atoms. The van der Waals surface area contributed by atoms with Gasteiger partial charge in [-0.05, 0) is 37.5 Å². The quantitative estimate of drug-likeness (QED) is 0.606. The van der Waals surface area contributed by atoms with E-state index in [4.69, 9.17) is 4.74 Å². The largest absolute Gasteiger partial charge is 0.395 e. The van der Waals surface area contributed by atoms with Gasteiger partial charge in [-0.2, -0.15) is 13.2 Å². The molecule has 0 saturated carbocycles. The van der Waals surface area contributed by atoms with Crippen LogP contribution in [0, 0.1) is 12.7 Å². The summed E-state index contributed by atoms with van der Waals surface area (Å²) in [7, 11) is 0. The standard InChI is InChI=1S/C20H21F4N5O2/c1-10-5-15(25-7-12(10)11(2)20(22,23)24)16-6-13(21)17-8-26-19(28-29(16)17)27-14-3-4-31-9-18(14)30/h5-8,11,14,18,30H,3-4,9H2,1-2H3,(H,27,28)/t11?,14-,18-/m1/s1. The van der Waals surface area contributed by atoms with Crippen LogP contribution in [0.4, 0.5) is 23.5 Å². The zero-order chi connectivity index (χ0) is 22.3. The third kappa shape index (κ3) is 4.19. The van der Waals surface area contributed by atoms with Gasteiger partial charge in [0.1, 0.15) is 5.52 Å². The number of aliphatic hydroxyl groups excluding tert-OH is 1. The molecular formula is C20H21F4N5O2. The Kier molecular flexibility index (Phi) is 5.56. The first-order valence-electron chi connectivity index (χ1n) is 9.75. The van der Waals surface area contributed by atoms with Crippen molar-refractivity contribution in [2.24, 2.45) is 0 Å². The highest BCUT2D eigenvalue weighted by molar-refractivity contribution is 5.65. The van der Waals surface area contributed by atoms with E-state index in [0.717, 1.165) is 6.92 Å². The summed E-state index contributed by atoms with van der Waals surface area (Å²) >= 11 is 0. The number of pyridine rings is 1. The summed E-state index contributed by atoms with van der Waals surface area (Å²) in [5.41, 5.74) is 1.11. The van der Waals surface area contributed by atoms with Crippen molar-refractivity contribution in [1.82, 2.24) is 19.6 Å². The summed E-state index contributed by atoms with van der Waals surface area (Å²) in [4.78, 5) is 8.25. The molecule has 7 nitrogen and oxygen atoms in total. The van der Waals surface area contributed by atoms with Gasteiger partial charge in [-0.3, -0.25) is 4.98 Å². The van der Waals surface area contributed by atoms with Crippen LogP contribution in [0.15, 0.2) is 24.5 Å². The lowest BCUT2D eigenvalue weighted by Crippen LogP contribution is -2.42. The van der Waals surface area contributed by atoms with Crippen LogP contribution in [0.3, 0.4) is 0 Å². The molecule has 0 amide bonds. The van der Waals surface area contributed by atoms with E-state index >= 15 is 0 Å². The first-order valence-corrected chi connectivity index (χ1v) is 9.75. The minimum absolute atomic E-state index is 0.0584. The lowest BCUT2D eigenvalue weighted by molar-refractivity contribution is -0.146. The molecule has 0 bridgehead atoms. The van der Waals surface area contributed by atoms with E-state index in [0.29, 0.717) is 18.6 Å². The number of fused-ring (bicyclic) bond motifs is 1. The minimum Gasteiger partial charge on any atom is -0.389 e. The average molecular weight is 439 g/mol. The number of hydrogen-bond acceptors (Lipinski definition) is 6. The molecule has 1 aliphatic rings. The van der Waals surface area contributed by atoms with Gasteiger partial charge in [0.2, 0.25) is 5.95 Å². The molecule has 0 radical (unpaired) electrons.